The molecule has 128 valence electrons. The van der Waals surface area contributed by atoms with Gasteiger partial charge in [0.1, 0.15) is 0 Å². The molecule has 0 spiro atoms. The lowest BCUT2D eigenvalue weighted by Crippen LogP contribution is -2.42. The number of ether oxygens (including phenoxy) is 1. The monoisotopic (exact) mass is 320 g/mol. The van der Waals surface area contributed by atoms with Crippen molar-refractivity contribution in [2.75, 3.05) is 18.5 Å². The van der Waals surface area contributed by atoms with Crippen LogP contribution in [0.5, 0.6) is 0 Å². The molecular weight excluding hydrogens is 292 g/mol. The van der Waals surface area contributed by atoms with Crippen molar-refractivity contribution in [3.8, 4) is 0 Å². The van der Waals surface area contributed by atoms with E-state index in [1.807, 2.05) is 39.0 Å². The maximum Gasteiger partial charge on any atom is 0.322 e. The Morgan fingerprint density at radius 3 is 2.87 bits per heavy atom. The molecule has 0 aliphatic carbocycles. The lowest BCUT2D eigenvalue weighted by molar-refractivity contribution is 0.0654. The number of hydrogen-bond acceptors (Lipinski definition) is 3. The molecule has 2 N–H and O–H groups in total. The summed E-state index contributed by atoms with van der Waals surface area (Å²) >= 11 is 0. The Balaban J connectivity index is 2.08. The molecule has 1 heterocycles. The summed E-state index contributed by atoms with van der Waals surface area (Å²) in [5.74, 6) is 0.331. The average molecular weight is 320 g/mol. The second kappa shape index (κ2) is 7.79. The van der Waals surface area contributed by atoms with Crippen LogP contribution in [0, 0.1) is 12.8 Å². The Hall–Kier alpha value is -1.59. The summed E-state index contributed by atoms with van der Waals surface area (Å²) in [4.78, 5) is 14.3. The van der Waals surface area contributed by atoms with Crippen LogP contribution < -0.4 is 5.32 Å². The molecule has 2 amide bonds. The van der Waals surface area contributed by atoms with Crippen LogP contribution >= 0.6 is 0 Å². The van der Waals surface area contributed by atoms with Gasteiger partial charge in [0.25, 0.3) is 0 Å². The number of aliphatic hydroxyl groups is 1. The molecule has 1 aliphatic heterocycles. The minimum absolute atomic E-state index is 0.00976. The van der Waals surface area contributed by atoms with Crippen molar-refractivity contribution in [3.05, 3.63) is 29.3 Å². The van der Waals surface area contributed by atoms with Crippen molar-refractivity contribution < 1.29 is 14.6 Å². The van der Waals surface area contributed by atoms with Gasteiger partial charge in [-0.3, -0.25) is 0 Å². The summed E-state index contributed by atoms with van der Waals surface area (Å²) in [6.45, 7) is 9.31. The highest BCUT2D eigenvalue weighted by atomic mass is 16.5. The largest absolute Gasteiger partial charge is 0.394 e. The van der Waals surface area contributed by atoms with Gasteiger partial charge in [-0.2, -0.15) is 0 Å². The van der Waals surface area contributed by atoms with Gasteiger partial charge in [0.2, 0.25) is 0 Å². The third kappa shape index (κ3) is 4.24. The molecule has 2 rings (SSSR count). The first-order valence-electron chi connectivity index (χ1n) is 8.32. The van der Waals surface area contributed by atoms with E-state index in [0.717, 1.165) is 23.2 Å². The maximum absolute atomic E-state index is 12.5. The van der Waals surface area contributed by atoms with Crippen molar-refractivity contribution in [1.82, 2.24) is 4.90 Å². The number of nitrogens with one attached hydrogen (secondary N) is 1. The topological polar surface area (TPSA) is 61.8 Å². The Morgan fingerprint density at radius 1 is 1.48 bits per heavy atom. The highest BCUT2D eigenvalue weighted by molar-refractivity contribution is 5.90. The number of carbonyl (C=O) groups excluding carboxylic acids is 1. The van der Waals surface area contributed by atoms with E-state index in [1.165, 1.54) is 0 Å². The van der Waals surface area contributed by atoms with Crippen LogP contribution in [-0.4, -0.2) is 41.3 Å². The van der Waals surface area contributed by atoms with Crippen molar-refractivity contribution >= 4 is 11.7 Å². The second-order valence-electron chi connectivity index (χ2n) is 6.59. The third-order valence-electron chi connectivity index (χ3n) is 4.59. The summed E-state index contributed by atoms with van der Waals surface area (Å²) in [5.41, 5.74) is 2.90. The van der Waals surface area contributed by atoms with E-state index < -0.39 is 0 Å². The molecule has 5 nitrogen and oxygen atoms in total. The van der Waals surface area contributed by atoms with Crippen LogP contribution in [-0.2, 0) is 11.3 Å². The number of benzene rings is 1. The molecule has 1 aliphatic rings. The van der Waals surface area contributed by atoms with Crippen LogP contribution in [0.25, 0.3) is 0 Å². The number of nitrogens with zero attached hydrogens (tertiary/aromatic N) is 1. The quantitative estimate of drug-likeness (QED) is 0.876. The van der Waals surface area contributed by atoms with E-state index in [1.54, 1.807) is 4.90 Å². The van der Waals surface area contributed by atoms with Gasteiger partial charge < -0.3 is 20.1 Å². The van der Waals surface area contributed by atoms with E-state index >= 15 is 0 Å². The molecule has 0 unspecified atom stereocenters. The maximum atomic E-state index is 12.5. The molecule has 0 radical (unpaired) electrons. The van der Waals surface area contributed by atoms with Gasteiger partial charge in [-0.05, 0) is 50.3 Å². The standard InChI is InChI=1S/C18H28N2O3/c1-12(2)23-11-15-6-5-7-16(14(15)4)19-18(22)20-9-8-13(3)17(20)10-21/h5-7,12-13,17,21H,8-11H2,1-4H3,(H,19,22)/t13-,17-/m1/s1. The smallest absolute Gasteiger partial charge is 0.322 e. The lowest BCUT2D eigenvalue weighted by Gasteiger charge is -2.26. The van der Waals surface area contributed by atoms with Gasteiger partial charge in [-0.15, -0.1) is 0 Å². The third-order valence-corrected chi connectivity index (χ3v) is 4.59. The Bertz CT molecular complexity index is 545. The highest BCUT2D eigenvalue weighted by Crippen LogP contribution is 2.26. The second-order valence-corrected chi connectivity index (χ2v) is 6.59. The summed E-state index contributed by atoms with van der Waals surface area (Å²) in [7, 11) is 0. The van der Waals surface area contributed by atoms with Crippen LogP contribution in [0.4, 0.5) is 10.5 Å². The van der Waals surface area contributed by atoms with Gasteiger partial charge >= 0.3 is 6.03 Å². The fourth-order valence-corrected chi connectivity index (χ4v) is 2.96. The van der Waals surface area contributed by atoms with Gasteiger partial charge in [-0.1, -0.05) is 19.1 Å². The van der Waals surface area contributed by atoms with E-state index in [2.05, 4.69) is 12.2 Å². The number of likely N-dealkylation sites (tertiary alicyclic amines) is 1. The summed E-state index contributed by atoms with van der Waals surface area (Å²) in [6.07, 6.45) is 1.10. The predicted molar refractivity (Wildman–Crippen MR) is 91.5 cm³/mol. The highest BCUT2D eigenvalue weighted by Gasteiger charge is 2.33. The summed E-state index contributed by atoms with van der Waals surface area (Å²) < 4.78 is 5.66. The number of anilines is 1. The van der Waals surface area contributed by atoms with Crippen molar-refractivity contribution in [1.29, 1.82) is 0 Å². The van der Waals surface area contributed by atoms with Crippen molar-refractivity contribution in [2.45, 2.75) is 52.9 Å². The van der Waals surface area contributed by atoms with Gasteiger partial charge in [-0.25, -0.2) is 4.79 Å². The zero-order chi connectivity index (χ0) is 17.0. The molecule has 23 heavy (non-hydrogen) atoms. The fraction of sp³-hybridized carbons (Fsp3) is 0.611. The first-order chi connectivity index (χ1) is 10.9. The number of hydrogen-bond donors (Lipinski definition) is 2. The molecular formula is C18H28N2O3. The number of amides is 2. The minimum Gasteiger partial charge on any atom is -0.394 e. The van der Waals surface area contributed by atoms with Crippen molar-refractivity contribution in [3.63, 3.8) is 0 Å². The summed E-state index contributed by atoms with van der Waals surface area (Å²) in [5, 5.41) is 12.5. The van der Waals surface area contributed by atoms with E-state index in [-0.39, 0.29) is 24.8 Å². The van der Waals surface area contributed by atoms with Gasteiger partial charge in [0, 0.05) is 12.2 Å². The normalized spacial score (nSPS) is 21.0. The Labute approximate surface area is 138 Å². The first-order valence-corrected chi connectivity index (χ1v) is 8.32. The number of urea groups is 1. The van der Waals surface area contributed by atoms with Crippen molar-refractivity contribution in [2.24, 2.45) is 5.92 Å². The predicted octanol–water partition coefficient (Wildman–Crippen LogP) is 3.15. The minimum atomic E-state index is -0.140. The SMILES string of the molecule is Cc1c(COC(C)C)cccc1NC(=O)N1CC[C@@H](C)[C@H]1CO. The van der Waals surface area contributed by atoms with Crippen LogP contribution in [0.15, 0.2) is 18.2 Å². The molecule has 1 aromatic carbocycles. The molecule has 1 saturated heterocycles. The molecule has 0 bridgehead atoms. The summed E-state index contributed by atoms with van der Waals surface area (Å²) in [6, 6.07) is 5.61. The Morgan fingerprint density at radius 2 is 2.22 bits per heavy atom. The number of carbonyl (C=O) groups is 1. The molecule has 2 atom stereocenters. The molecule has 0 saturated carbocycles. The van der Waals surface area contributed by atoms with Crippen LogP contribution in [0.1, 0.15) is 38.3 Å². The number of rotatable bonds is 5. The number of aliphatic hydroxyl groups excluding tert-OH is 1. The fourth-order valence-electron chi connectivity index (χ4n) is 2.96. The zero-order valence-electron chi connectivity index (χ0n) is 14.5. The van der Waals surface area contributed by atoms with Gasteiger partial charge in [0.15, 0.2) is 0 Å². The zero-order valence-corrected chi connectivity index (χ0v) is 14.5. The van der Waals surface area contributed by atoms with Crippen LogP contribution in [0.3, 0.4) is 0 Å². The first kappa shape index (κ1) is 17.8. The van der Waals surface area contributed by atoms with E-state index in [9.17, 15) is 9.90 Å². The molecule has 0 aromatic heterocycles. The van der Waals surface area contributed by atoms with Crippen LogP contribution in [0.2, 0.25) is 0 Å². The average Bonchev–Trinajstić information content (AvgIpc) is 2.88. The van der Waals surface area contributed by atoms with E-state index in [0.29, 0.717) is 19.1 Å². The Kier molecular flexibility index (Phi) is 6.02. The molecule has 5 heteroatoms. The van der Waals surface area contributed by atoms with E-state index in [4.69, 9.17) is 4.74 Å². The lowest BCUT2D eigenvalue weighted by atomic mass is 10.0. The van der Waals surface area contributed by atoms with Gasteiger partial charge in [0.05, 0.1) is 25.4 Å². The molecule has 1 fully saturated rings. The molecule has 1 aromatic rings.